The van der Waals surface area contributed by atoms with Gasteiger partial charge in [0.25, 0.3) is 0 Å². The number of fused-ring (bicyclic) bond motifs is 1. The van der Waals surface area contributed by atoms with Crippen molar-refractivity contribution in [3.8, 4) is 0 Å². The summed E-state index contributed by atoms with van der Waals surface area (Å²) in [6, 6.07) is 5.71. The third-order valence-electron chi connectivity index (χ3n) is 2.22. The van der Waals surface area contributed by atoms with Crippen LogP contribution in [0.5, 0.6) is 0 Å². The van der Waals surface area contributed by atoms with E-state index in [0.29, 0.717) is 11.4 Å². The molecule has 78 valence electrons. The number of hydrogen-bond acceptors (Lipinski definition) is 2. The lowest BCUT2D eigenvalue weighted by Gasteiger charge is -1.97. The number of benzene rings is 1. The van der Waals surface area contributed by atoms with Gasteiger partial charge in [0.05, 0.1) is 0 Å². The fourth-order valence-corrected chi connectivity index (χ4v) is 2.64. The summed E-state index contributed by atoms with van der Waals surface area (Å²) in [5.74, 6) is -0.767. The van der Waals surface area contributed by atoms with Gasteiger partial charge in [0.15, 0.2) is 0 Å². The lowest BCUT2D eigenvalue weighted by Crippen LogP contribution is -1.96. The van der Waals surface area contributed by atoms with Crippen molar-refractivity contribution in [3.05, 3.63) is 34.2 Å². The number of carboxylic acid groups (broad SMARTS) is 1. The molecule has 0 bridgehead atoms. The highest BCUT2D eigenvalue weighted by atomic mass is 35.5. The summed E-state index contributed by atoms with van der Waals surface area (Å²) in [5, 5.41) is 12.4. The Morgan fingerprint density at radius 3 is 3.00 bits per heavy atom. The van der Waals surface area contributed by atoms with Gasteiger partial charge in [0, 0.05) is 16.1 Å². The molecule has 0 unspecified atom stereocenters. The molecule has 15 heavy (non-hydrogen) atoms. The molecular weight excluding hydrogens is 232 g/mol. The van der Waals surface area contributed by atoms with Crippen molar-refractivity contribution < 1.29 is 9.90 Å². The first-order valence-corrected chi connectivity index (χ1v) is 5.80. The van der Waals surface area contributed by atoms with Gasteiger partial charge in [-0.1, -0.05) is 11.6 Å². The quantitative estimate of drug-likeness (QED) is 0.891. The number of hydrogen-bond donors (Lipinski definition) is 1. The number of halogens is 1. The Kier molecular flexibility index (Phi) is 2.93. The molecule has 4 heteroatoms. The molecule has 1 N–H and O–H groups in total. The molecule has 2 rings (SSSR count). The van der Waals surface area contributed by atoms with Crippen LogP contribution in [0.1, 0.15) is 12.0 Å². The highest BCUT2D eigenvalue weighted by Crippen LogP contribution is 2.29. The van der Waals surface area contributed by atoms with Crippen LogP contribution in [0.15, 0.2) is 23.6 Å². The Morgan fingerprint density at radius 2 is 2.27 bits per heavy atom. The first-order chi connectivity index (χ1) is 7.16. The Balaban J connectivity index is 2.35. The van der Waals surface area contributed by atoms with Gasteiger partial charge < -0.3 is 5.11 Å². The summed E-state index contributed by atoms with van der Waals surface area (Å²) in [5.41, 5.74) is 1.07. The van der Waals surface area contributed by atoms with E-state index in [2.05, 4.69) is 0 Å². The molecule has 0 saturated heterocycles. The molecule has 0 amide bonds. The minimum atomic E-state index is -0.767. The smallest absolute Gasteiger partial charge is 0.303 e. The van der Waals surface area contributed by atoms with Crippen LogP contribution < -0.4 is 0 Å². The molecule has 1 aromatic heterocycles. The molecule has 1 aromatic carbocycles. The third-order valence-corrected chi connectivity index (χ3v) is 3.47. The van der Waals surface area contributed by atoms with E-state index in [-0.39, 0.29) is 6.42 Å². The van der Waals surface area contributed by atoms with Gasteiger partial charge >= 0.3 is 5.97 Å². The predicted molar refractivity (Wildman–Crippen MR) is 62.8 cm³/mol. The summed E-state index contributed by atoms with van der Waals surface area (Å²) in [6.07, 6.45) is 0.730. The zero-order valence-electron chi connectivity index (χ0n) is 7.87. The van der Waals surface area contributed by atoms with Crippen LogP contribution in [-0.2, 0) is 11.2 Å². The van der Waals surface area contributed by atoms with Crippen LogP contribution in [0.3, 0.4) is 0 Å². The minimum Gasteiger partial charge on any atom is -0.481 e. The number of rotatable bonds is 3. The fourth-order valence-electron chi connectivity index (χ4n) is 1.49. The van der Waals surface area contributed by atoms with Gasteiger partial charge in [-0.2, -0.15) is 0 Å². The van der Waals surface area contributed by atoms with Crippen molar-refractivity contribution in [1.82, 2.24) is 0 Å². The third kappa shape index (κ3) is 2.30. The summed E-state index contributed by atoms with van der Waals surface area (Å²) in [4.78, 5) is 10.5. The van der Waals surface area contributed by atoms with Crippen LogP contribution in [0.4, 0.5) is 0 Å². The molecule has 0 saturated carbocycles. The first-order valence-electron chi connectivity index (χ1n) is 4.54. The topological polar surface area (TPSA) is 37.3 Å². The van der Waals surface area contributed by atoms with E-state index >= 15 is 0 Å². The van der Waals surface area contributed by atoms with E-state index in [0.717, 1.165) is 15.6 Å². The molecule has 2 nitrogen and oxygen atoms in total. The maximum Gasteiger partial charge on any atom is 0.303 e. The van der Waals surface area contributed by atoms with E-state index in [1.165, 1.54) is 0 Å². The van der Waals surface area contributed by atoms with Crippen molar-refractivity contribution in [2.24, 2.45) is 0 Å². The van der Waals surface area contributed by atoms with Gasteiger partial charge in [-0.15, -0.1) is 11.3 Å². The second-order valence-electron chi connectivity index (χ2n) is 3.30. The molecule has 1 heterocycles. The van der Waals surface area contributed by atoms with Crippen LogP contribution in [-0.4, -0.2) is 11.1 Å². The van der Waals surface area contributed by atoms with Crippen molar-refractivity contribution >= 4 is 39.0 Å². The monoisotopic (exact) mass is 240 g/mol. The van der Waals surface area contributed by atoms with E-state index in [1.54, 1.807) is 11.3 Å². The largest absolute Gasteiger partial charge is 0.481 e. The van der Waals surface area contributed by atoms with Gasteiger partial charge in [-0.05, 0) is 40.9 Å². The maximum absolute atomic E-state index is 10.5. The molecule has 2 aromatic rings. The molecule has 0 atom stereocenters. The number of carbonyl (C=O) groups is 1. The second-order valence-corrected chi connectivity index (χ2v) is 4.64. The lowest BCUT2D eigenvalue weighted by atomic mass is 10.1. The van der Waals surface area contributed by atoms with Crippen LogP contribution in [0.25, 0.3) is 10.1 Å². The van der Waals surface area contributed by atoms with E-state index in [4.69, 9.17) is 16.7 Å². The summed E-state index contributed by atoms with van der Waals surface area (Å²) in [7, 11) is 0. The van der Waals surface area contributed by atoms with E-state index < -0.39 is 5.97 Å². The van der Waals surface area contributed by atoms with Gasteiger partial charge in [0.1, 0.15) is 0 Å². The Bertz CT molecular complexity index is 504. The Labute approximate surface area is 96.1 Å². The molecule has 0 aliphatic carbocycles. The SMILES string of the molecule is O=C(O)CCc1csc2ccc(Cl)cc12. The average Bonchev–Trinajstić information content (AvgIpc) is 2.57. The lowest BCUT2D eigenvalue weighted by molar-refractivity contribution is -0.136. The summed E-state index contributed by atoms with van der Waals surface area (Å²) < 4.78 is 1.15. The molecular formula is C11H9ClO2S. The maximum atomic E-state index is 10.5. The van der Waals surface area contributed by atoms with Gasteiger partial charge in [0.2, 0.25) is 0 Å². The van der Waals surface area contributed by atoms with Crippen molar-refractivity contribution in [3.63, 3.8) is 0 Å². The van der Waals surface area contributed by atoms with Gasteiger partial charge in [-0.3, -0.25) is 4.79 Å². The van der Waals surface area contributed by atoms with E-state index in [9.17, 15) is 4.79 Å². The zero-order chi connectivity index (χ0) is 10.8. The Hall–Kier alpha value is -1.06. The number of aryl methyl sites for hydroxylation is 1. The van der Waals surface area contributed by atoms with Crippen LogP contribution >= 0.6 is 22.9 Å². The summed E-state index contributed by atoms with van der Waals surface area (Å²) >= 11 is 7.52. The van der Waals surface area contributed by atoms with Crippen LogP contribution in [0.2, 0.25) is 5.02 Å². The summed E-state index contributed by atoms with van der Waals surface area (Å²) in [6.45, 7) is 0. The fraction of sp³-hybridized carbons (Fsp3) is 0.182. The standard InChI is InChI=1S/C11H9ClO2S/c12-8-2-3-10-9(5-8)7(6-15-10)1-4-11(13)14/h2-3,5-6H,1,4H2,(H,13,14). The molecule has 0 radical (unpaired) electrons. The first kappa shape index (κ1) is 10.5. The van der Waals surface area contributed by atoms with Gasteiger partial charge in [-0.25, -0.2) is 0 Å². The normalized spacial score (nSPS) is 10.7. The highest BCUT2D eigenvalue weighted by Gasteiger charge is 2.06. The minimum absolute atomic E-state index is 0.165. The molecule has 0 fully saturated rings. The van der Waals surface area contributed by atoms with E-state index in [1.807, 2.05) is 23.6 Å². The molecule has 0 spiro atoms. The Morgan fingerprint density at radius 1 is 1.47 bits per heavy atom. The van der Waals surface area contributed by atoms with Crippen molar-refractivity contribution in [1.29, 1.82) is 0 Å². The van der Waals surface area contributed by atoms with Crippen molar-refractivity contribution in [2.75, 3.05) is 0 Å². The number of aliphatic carboxylic acids is 1. The number of carboxylic acids is 1. The average molecular weight is 241 g/mol. The van der Waals surface area contributed by atoms with Crippen LogP contribution in [0, 0.1) is 0 Å². The second kappa shape index (κ2) is 4.21. The molecule has 0 aliphatic heterocycles. The van der Waals surface area contributed by atoms with Crippen molar-refractivity contribution in [2.45, 2.75) is 12.8 Å². The highest BCUT2D eigenvalue weighted by molar-refractivity contribution is 7.17. The molecule has 0 aliphatic rings. The zero-order valence-corrected chi connectivity index (χ0v) is 9.44. The predicted octanol–water partition coefficient (Wildman–Crippen LogP) is 3.57. The number of thiophene rings is 1.